The quantitative estimate of drug-likeness (QED) is 0.453. The van der Waals surface area contributed by atoms with E-state index in [4.69, 9.17) is 4.74 Å². The number of rotatable bonds is 5. The van der Waals surface area contributed by atoms with E-state index in [-0.39, 0.29) is 5.82 Å². The van der Waals surface area contributed by atoms with E-state index in [0.29, 0.717) is 23.8 Å². The van der Waals surface area contributed by atoms with E-state index in [0.717, 1.165) is 27.7 Å². The predicted octanol–water partition coefficient (Wildman–Crippen LogP) is 5.65. The van der Waals surface area contributed by atoms with Crippen molar-refractivity contribution in [3.63, 3.8) is 0 Å². The van der Waals surface area contributed by atoms with Gasteiger partial charge in [0.1, 0.15) is 30.1 Å². The summed E-state index contributed by atoms with van der Waals surface area (Å²) in [5, 5.41) is 9.58. The molecule has 0 aliphatic carbocycles. The first-order chi connectivity index (χ1) is 14.1. The fourth-order valence-corrected chi connectivity index (χ4v) is 2.98. The van der Waals surface area contributed by atoms with Gasteiger partial charge in [0.15, 0.2) is 0 Å². The second-order valence-corrected chi connectivity index (χ2v) is 6.76. The Balaban J connectivity index is 1.50. The fourth-order valence-electron chi connectivity index (χ4n) is 2.98. The van der Waals surface area contributed by atoms with Gasteiger partial charge in [0.25, 0.3) is 0 Å². The van der Waals surface area contributed by atoms with Crippen LogP contribution in [0.25, 0.3) is 22.7 Å². The van der Waals surface area contributed by atoms with Crippen LogP contribution in [-0.4, -0.2) is 9.97 Å². The maximum atomic E-state index is 13.0. The summed E-state index contributed by atoms with van der Waals surface area (Å²) in [4.78, 5) is 7.72. The minimum absolute atomic E-state index is 0.266. The number of nitriles is 1. The normalized spacial score (nSPS) is 11.4. The summed E-state index contributed by atoms with van der Waals surface area (Å²) >= 11 is 0. The average molecular weight is 383 g/mol. The number of aromatic nitrogens is 2. The van der Waals surface area contributed by atoms with E-state index in [1.54, 1.807) is 18.2 Å². The minimum Gasteiger partial charge on any atom is -0.489 e. The van der Waals surface area contributed by atoms with Gasteiger partial charge in [-0.05, 0) is 66.1 Å². The highest BCUT2D eigenvalue weighted by Crippen LogP contribution is 2.21. The van der Waals surface area contributed by atoms with Crippen molar-refractivity contribution < 1.29 is 9.13 Å². The van der Waals surface area contributed by atoms with E-state index in [1.165, 1.54) is 12.1 Å². The smallest absolute Gasteiger partial charge is 0.149 e. The van der Waals surface area contributed by atoms with Crippen molar-refractivity contribution in [1.29, 1.82) is 5.26 Å². The lowest BCUT2D eigenvalue weighted by Gasteiger charge is -2.06. The third-order valence-electron chi connectivity index (χ3n) is 4.52. The van der Waals surface area contributed by atoms with Crippen molar-refractivity contribution in [3.8, 4) is 11.8 Å². The molecule has 0 aliphatic heterocycles. The molecule has 1 aromatic heterocycles. The Labute approximate surface area is 167 Å². The summed E-state index contributed by atoms with van der Waals surface area (Å²) in [5.74, 6) is 0.978. The highest BCUT2D eigenvalue weighted by atomic mass is 19.1. The highest BCUT2D eigenvalue weighted by Gasteiger charge is 2.08. The van der Waals surface area contributed by atoms with Gasteiger partial charge in [0, 0.05) is 0 Å². The lowest BCUT2D eigenvalue weighted by Crippen LogP contribution is -1.95. The van der Waals surface area contributed by atoms with Crippen LogP contribution in [0.15, 0.2) is 66.7 Å². The summed E-state index contributed by atoms with van der Waals surface area (Å²) < 4.78 is 18.7. The first-order valence-corrected chi connectivity index (χ1v) is 9.16. The van der Waals surface area contributed by atoms with E-state index in [9.17, 15) is 9.65 Å². The minimum atomic E-state index is -0.266. The van der Waals surface area contributed by atoms with E-state index in [2.05, 4.69) is 16.0 Å². The Morgan fingerprint density at radius 3 is 2.59 bits per heavy atom. The van der Waals surface area contributed by atoms with Crippen LogP contribution in [0.3, 0.4) is 0 Å². The molecular formula is C24H18FN3O. The third kappa shape index (κ3) is 4.33. The monoisotopic (exact) mass is 383 g/mol. The molecule has 142 valence electrons. The molecule has 0 radical (unpaired) electrons. The maximum Gasteiger partial charge on any atom is 0.149 e. The second kappa shape index (κ2) is 7.99. The number of aromatic amines is 1. The van der Waals surface area contributed by atoms with Gasteiger partial charge in [-0.1, -0.05) is 30.3 Å². The second-order valence-electron chi connectivity index (χ2n) is 6.76. The molecule has 0 unspecified atom stereocenters. The van der Waals surface area contributed by atoms with Crippen molar-refractivity contribution in [2.45, 2.75) is 13.5 Å². The number of H-pyrrole nitrogens is 1. The van der Waals surface area contributed by atoms with Crippen LogP contribution in [0.1, 0.15) is 22.5 Å². The molecule has 1 heterocycles. The SMILES string of the molecule is Cc1ccc2nc(C(C#N)=Cc3ccc(OCc4ccc(F)cc4)cc3)[nH]c2c1. The van der Waals surface area contributed by atoms with E-state index in [1.807, 2.05) is 49.4 Å². The number of nitrogens with zero attached hydrogens (tertiary/aromatic N) is 2. The zero-order valence-electron chi connectivity index (χ0n) is 15.8. The first kappa shape index (κ1) is 18.5. The molecule has 0 fully saturated rings. The first-order valence-electron chi connectivity index (χ1n) is 9.16. The molecule has 4 aromatic rings. The molecule has 5 heteroatoms. The number of aryl methyl sites for hydroxylation is 1. The number of nitrogens with one attached hydrogen (secondary N) is 1. The fraction of sp³-hybridized carbons (Fsp3) is 0.0833. The molecule has 3 aromatic carbocycles. The van der Waals surface area contributed by atoms with Crippen LogP contribution in [0.2, 0.25) is 0 Å². The van der Waals surface area contributed by atoms with Crippen molar-refractivity contribution in [2.75, 3.05) is 0 Å². The Morgan fingerprint density at radius 2 is 1.86 bits per heavy atom. The Morgan fingerprint density at radius 1 is 1.10 bits per heavy atom. The number of ether oxygens (including phenoxy) is 1. The molecule has 0 aliphatic rings. The van der Waals surface area contributed by atoms with Crippen LogP contribution in [0.4, 0.5) is 4.39 Å². The van der Waals surface area contributed by atoms with Crippen LogP contribution < -0.4 is 4.74 Å². The number of imidazole rings is 1. The number of benzene rings is 3. The van der Waals surface area contributed by atoms with Crippen LogP contribution in [0.5, 0.6) is 5.75 Å². The molecule has 0 saturated heterocycles. The molecule has 0 bridgehead atoms. The summed E-state index contributed by atoms with van der Waals surface area (Å²) in [7, 11) is 0. The van der Waals surface area contributed by atoms with Crippen LogP contribution in [-0.2, 0) is 6.61 Å². The number of hydrogen-bond acceptors (Lipinski definition) is 3. The van der Waals surface area contributed by atoms with Gasteiger partial charge >= 0.3 is 0 Å². The summed E-state index contributed by atoms with van der Waals surface area (Å²) in [6, 6.07) is 21.8. The summed E-state index contributed by atoms with van der Waals surface area (Å²) in [5.41, 5.74) is 5.09. The van der Waals surface area contributed by atoms with E-state index < -0.39 is 0 Å². The van der Waals surface area contributed by atoms with Crippen molar-refractivity contribution in [2.24, 2.45) is 0 Å². The Bertz CT molecular complexity index is 1220. The van der Waals surface area contributed by atoms with Gasteiger partial charge < -0.3 is 9.72 Å². The van der Waals surface area contributed by atoms with Gasteiger partial charge in [-0.3, -0.25) is 0 Å². The van der Waals surface area contributed by atoms with Crippen molar-refractivity contribution in [1.82, 2.24) is 9.97 Å². The zero-order valence-corrected chi connectivity index (χ0v) is 15.8. The molecule has 0 spiro atoms. The lowest BCUT2D eigenvalue weighted by molar-refractivity contribution is 0.306. The largest absolute Gasteiger partial charge is 0.489 e. The molecule has 0 amide bonds. The lowest BCUT2D eigenvalue weighted by atomic mass is 10.1. The predicted molar refractivity (Wildman–Crippen MR) is 111 cm³/mol. The van der Waals surface area contributed by atoms with Gasteiger partial charge in [-0.25, -0.2) is 9.37 Å². The summed E-state index contributed by atoms with van der Waals surface area (Å²) in [6.45, 7) is 2.37. The zero-order chi connectivity index (χ0) is 20.2. The number of hydrogen-bond donors (Lipinski definition) is 1. The van der Waals surface area contributed by atoms with Gasteiger partial charge in [0.05, 0.1) is 16.6 Å². The highest BCUT2D eigenvalue weighted by molar-refractivity contribution is 5.90. The maximum absolute atomic E-state index is 13.0. The van der Waals surface area contributed by atoms with Gasteiger partial charge in [-0.2, -0.15) is 5.26 Å². The topological polar surface area (TPSA) is 61.7 Å². The molecule has 1 N–H and O–H groups in total. The molecule has 0 saturated carbocycles. The number of halogens is 1. The molecule has 29 heavy (non-hydrogen) atoms. The van der Waals surface area contributed by atoms with Crippen LogP contribution in [0, 0.1) is 24.1 Å². The number of allylic oxidation sites excluding steroid dienone is 1. The standard InChI is InChI=1S/C24H18FN3O/c1-16-2-11-22-23(12-16)28-24(27-22)19(14-26)13-17-5-9-21(10-6-17)29-15-18-3-7-20(25)8-4-18/h2-13H,15H2,1H3,(H,27,28). The van der Waals surface area contributed by atoms with Crippen molar-refractivity contribution >= 4 is 22.7 Å². The summed E-state index contributed by atoms with van der Waals surface area (Å²) in [6.07, 6.45) is 1.79. The van der Waals surface area contributed by atoms with Crippen LogP contribution >= 0.6 is 0 Å². The van der Waals surface area contributed by atoms with Crippen molar-refractivity contribution in [3.05, 3.63) is 95.1 Å². The Hall–Kier alpha value is -3.91. The molecule has 4 rings (SSSR count). The average Bonchev–Trinajstić information content (AvgIpc) is 3.15. The Kier molecular flexibility index (Phi) is 5.08. The third-order valence-corrected chi connectivity index (χ3v) is 4.52. The molecule has 4 nitrogen and oxygen atoms in total. The van der Waals surface area contributed by atoms with Gasteiger partial charge in [0.2, 0.25) is 0 Å². The number of fused-ring (bicyclic) bond motifs is 1. The van der Waals surface area contributed by atoms with Gasteiger partial charge in [-0.15, -0.1) is 0 Å². The van der Waals surface area contributed by atoms with E-state index >= 15 is 0 Å². The molecule has 0 atom stereocenters. The molecular weight excluding hydrogens is 365 g/mol.